The van der Waals surface area contributed by atoms with Gasteiger partial charge in [0.2, 0.25) is 0 Å². The molecule has 0 fully saturated rings. The van der Waals surface area contributed by atoms with Gasteiger partial charge in [-0.15, -0.1) is 4.68 Å². The fourth-order valence-electron chi connectivity index (χ4n) is 1.51. The van der Waals surface area contributed by atoms with Crippen LogP contribution in [0.4, 0.5) is 5.82 Å². The Bertz CT molecular complexity index is 635. The highest BCUT2D eigenvalue weighted by molar-refractivity contribution is 5.92. The number of carboxylic acid groups (broad SMARTS) is 1. The summed E-state index contributed by atoms with van der Waals surface area (Å²) in [5.74, 6) is -1.47. The number of aromatic nitrogens is 3. The summed E-state index contributed by atoms with van der Waals surface area (Å²) in [6.07, 6.45) is 2.72. The minimum atomic E-state index is -1.16. The largest absolute Gasteiger partial charge is 0.478 e. The molecule has 0 spiro atoms. The van der Waals surface area contributed by atoms with Crippen molar-refractivity contribution in [3.8, 4) is 5.82 Å². The second kappa shape index (κ2) is 4.24. The Morgan fingerprint density at radius 3 is 2.78 bits per heavy atom. The molecular formula is C10H8N4O4. The van der Waals surface area contributed by atoms with Crippen LogP contribution in [-0.4, -0.2) is 30.8 Å². The van der Waals surface area contributed by atoms with Gasteiger partial charge in [-0.3, -0.25) is 0 Å². The molecule has 0 bridgehead atoms. The molecular weight excluding hydrogens is 240 g/mol. The van der Waals surface area contributed by atoms with Gasteiger partial charge in [0.1, 0.15) is 5.56 Å². The van der Waals surface area contributed by atoms with Crippen molar-refractivity contribution >= 4 is 11.8 Å². The van der Waals surface area contributed by atoms with E-state index in [9.17, 15) is 14.9 Å². The molecule has 2 aromatic heterocycles. The maximum absolute atomic E-state index is 11.1. The third-order valence-electron chi connectivity index (χ3n) is 2.33. The Labute approximate surface area is 101 Å². The van der Waals surface area contributed by atoms with Crippen molar-refractivity contribution in [2.45, 2.75) is 6.92 Å². The third kappa shape index (κ3) is 1.90. The van der Waals surface area contributed by atoms with Gasteiger partial charge in [-0.25, -0.2) is 9.78 Å². The van der Waals surface area contributed by atoms with Crippen LogP contribution in [0.3, 0.4) is 0 Å². The van der Waals surface area contributed by atoms with Gasteiger partial charge in [0.15, 0.2) is 5.82 Å². The smallest absolute Gasteiger partial charge is 0.390 e. The number of hydrogen-bond donors (Lipinski definition) is 1. The molecule has 0 aliphatic carbocycles. The summed E-state index contributed by atoms with van der Waals surface area (Å²) in [6, 6.07) is 2.72. The van der Waals surface area contributed by atoms with Gasteiger partial charge in [0.05, 0.1) is 17.4 Å². The Kier molecular flexibility index (Phi) is 2.76. The van der Waals surface area contributed by atoms with Crippen LogP contribution in [0.15, 0.2) is 24.5 Å². The number of rotatable bonds is 3. The summed E-state index contributed by atoms with van der Waals surface area (Å²) in [5.41, 5.74) is 0.473. The van der Waals surface area contributed by atoms with Crippen LogP contribution in [0.2, 0.25) is 0 Å². The van der Waals surface area contributed by atoms with Crippen molar-refractivity contribution in [3.05, 3.63) is 45.8 Å². The lowest BCUT2D eigenvalue weighted by Crippen LogP contribution is -2.10. The van der Waals surface area contributed by atoms with Gasteiger partial charge in [0, 0.05) is 6.20 Å². The maximum Gasteiger partial charge on any atom is 0.390 e. The summed E-state index contributed by atoms with van der Waals surface area (Å²) in [7, 11) is 0. The van der Waals surface area contributed by atoms with Crippen LogP contribution in [0, 0.1) is 17.0 Å². The molecule has 0 radical (unpaired) electrons. The van der Waals surface area contributed by atoms with E-state index < -0.39 is 10.9 Å². The summed E-state index contributed by atoms with van der Waals surface area (Å²) in [5, 5.41) is 23.3. The van der Waals surface area contributed by atoms with E-state index in [0.29, 0.717) is 5.56 Å². The van der Waals surface area contributed by atoms with Gasteiger partial charge >= 0.3 is 11.8 Å². The highest BCUT2D eigenvalue weighted by atomic mass is 16.6. The fourth-order valence-corrected chi connectivity index (χ4v) is 1.51. The van der Waals surface area contributed by atoms with Crippen LogP contribution >= 0.6 is 0 Å². The van der Waals surface area contributed by atoms with Crippen LogP contribution in [0.1, 0.15) is 15.9 Å². The number of carbonyl (C=O) groups is 1. The predicted molar refractivity (Wildman–Crippen MR) is 59.7 cm³/mol. The molecule has 0 unspecified atom stereocenters. The van der Waals surface area contributed by atoms with Crippen molar-refractivity contribution < 1.29 is 14.8 Å². The molecule has 2 heterocycles. The first kappa shape index (κ1) is 11.7. The maximum atomic E-state index is 11.1. The van der Waals surface area contributed by atoms with E-state index in [0.717, 1.165) is 4.68 Å². The van der Waals surface area contributed by atoms with Crippen LogP contribution in [-0.2, 0) is 0 Å². The van der Waals surface area contributed by atoms with Gasteiger partial charge < -0.3 is 15.2 Å². The van der Waals surface area contributed by atoms with Crippen LogP contribution in [0.5, 0.6) is 0 Å². The molecule has 8 nitrogen and oxygen atoms in total. The summed E-state index contributed by atoms with van der Waals surface area (Å²) < 4.78 is 1.08. The number of nitrogens with zero attached hydrogens (tertiary/aromatic N) is 4. The Balaban J connectivity index is 2.59. The third-order valence-corrected chi connectivity index (χ3v) is 2.33. The number of aromatic carboxylic acids is 1. The van der Waals surface area contributed by atoms with E-state index in [1.807, 2.05) is 0 Å². The number of pyridine rings is 1. The van der Waals surface area contributed by atoms with Crippen molar-refractivity contribution in [1.29, 1.82) is 0 Å². The Morgan fingerprint density at radius 1 is 1.50 bits per heavy atom. The molecule has 2 rings (SSSR count). The average molecular weight is 248 g/mol. The van der Waals surface area contributed by atoms with Gasteiger partial charge in [-0.2, -0.15) is 0 Å². The lowest BCUT2D eigenvalue weighted by molar-refractivity contribution is -0.389. The van der Waals surface area contributed by atoms with Gasteiger partial charge in [-0.1, -0.05) is 0 Å². The molecule has 1 N–H and O–H groups in total. The highest BCUT2D eigenvalue weighted by Gasteiger charge is 2.20. The minimum absolute atomic E-state index is 0.0319. The van der Waals surface area contributed by atoms with Gasteiger partial charge in [0.25, 0.3) is 0 Å². The molecule has 0 atom stereocenters. The van der Waals surface area contributed by atoms with Gasteiger partial charge in [-0.05, 0) is 23.5 Å². The molecule has 0 aliphatic rings. The molecule has 0 aromatic carbocycles. The average Bonchev–Trinajstić information content (AvgIpc) is 2.77. The normalized spacial score (nSPS) is 10.3. The quantitative estimate of drug-likeness (QED) is 0.644. The van der Waals surface area contributed by atoms with Crippen LogP contribution in [0.25, 0.3) is 5.82 Å². The number of carboxylic acids is 1. The summed E-state index contributed by atoms with van der Waals surface area (Å²) in [4.78, 5) is 24.9. The van der Waals surface area contributed by atoms with Crippen molar-refractivity contribution in [1.82, 2.24) is 14.8 Å². The first-order valence-corrected chi connectivity index (χ1v) is 4.90. The molecule has 8 heteroatoms. The number of hydrogen-bond acceptors (Lipinski definition) is 5. The molecule has 2 aromatic rings. The van der Waals surface area contributed by atoms with Crippen molar-refractivity contribution in [2.75, 3.05) is 0 Å². The zero-order valence-electron chi connectivity index (χ0n) is 9.27. The van der Waals surface area contributed by atoms with E-state index in [2.05, 4.69) is 10.1 Å². The zero-order valence-corrected chi connectivity index (χ0v) is 9.27. The molecule has 92 valence electrons. The first-order chi connectivity index (χ1) is 8.50. The standard InChI is InChI=1S/C10H8N4O4/c1-6-2-4-11-9(8(6)10(15)16)13-5-3-7(12-13)14(17)18/h2-5H,1H3,(H,15,16). The lowest BCUT2D eigenvalue weighted by Gasteiger charge is -2.04. The van der Waals surface area contributed by atoms with E-state index in [1.165, 1.54) is 18.5 Å². The molecule has 0 amide bonds. The van der Waals surface area contributed by atoms with Crippen LogP contribution < -0.4 is 0 Å². The van der Waals surface area contributed by atoms with E-state index in [4.69, 9.17) is 5.11 Å². The summed E-state index contributed by atoms with van der Waals surface area (Å²) >= 11 is 0. The second-order valence-corrected chi connectivity index (χ2v) is 3.51. The number of nitro groups is 1. The molecule has 0 saturated carbocycles. The van der Waals surface area contributed by atoms with Crippen molar-refractivity contribution in [3.63, 3.8) is 0 Å². The number of aryl methyl sites for hydroxylation is 1. The Hall–Kier alpha value is -2.77. The lowest BCUT2D eigenvalue weighted by atomic mass is 10.1. The predicted octanol–water partition coefficient (Wildman–Crippen LogP) is 1.18. The van der Waals surface area contributed by atoms with Crippen molar-refractivity contribution in [2.24, 2.45) is 0 Å². The molecule has 0 saturated heterocycles. The second-order valence-electron chi connectivity index (χ2n) is 3.51. The monoisotopic (exact) mass is 248 g/mol. The highest BCUT2D eigenvalue weighted by Crippen LogP contribution is 2.17. The first-order valence-electron chi connectivity index (χ1n) is 4.90. The fraction of sp³-hybridized carbons (Fsp3) is 0.100. The molecule has 18 heavy (non-hydrogen) atoms. The molecule has 0 aliphatic heterocycles. The SMILES string of the molecule is Cc1ccnc(-n2ccc([N+](=O)[O-])n2)c1C(=O)O. The zero-order chi connectivity index (χ0) is 13.3. The topological polar surface area (TPSA) is 111 Å². The summed E-state index contributed by atoms with van der Waals surface area (Å²) in [6.45, 7) is 1.62. The van der Waals surface area contributed by atoms with E-state index in [1.54, 1.807) is 13.0 Å². The van der Waals surface area contributed by atoms with E-state index in [-0.39, 0.29) is 17.2 Å². The Morgan fingerprint density at radius 2 is 2.22 bits per heavy atom. The minimum Gasteiger partial charge on any atom is -0.478 e. The van der Waals surface area contributed by atoms with E-state index >= 15 is 0 Å².